The van der Waals surface area contributed by atoms with E-state index in [1.54, 1.807) is 13.0 Å². The first kappa shape index (κ1) is 24.2. The molecule has 0 aliphatic carbocycles. The maximum atomic E-state index is 13.7. The molecule has 1 amide bonds. The Hall–Kier alpha value is -3.97. The maximum Gasteiger partial charge on any atom is 0.417 e. The van der Waals surface area contributed by atoms with Gasteiger partial charge in [-0.2, -0.15) is 23.4 Å². The number of hydrazone groups is 1. The molecule has 3 heterocycles. The number of carbonyl (C=O) groups excluding carboxylic acids is 1. The molecular formula is C22H21F3N6O4. The Balaban J connectivity index is 1.74. The highest BCUT2D eigenvalue weighted by Crippen LogP contribution is 2.35. The normalized spacial score (nSPS) is 18.3. The van der Waals surface area contributed by atoms with E-state index < -0.39 is 36.5 Å². The van der Waals surface area contributed by atoms with Crippen molar-refractivity contribution in [1.82, 2.24) is 20.5 Å². The molecule has 1 unspecified atom stereocenters. The molecule has 1 aromatic carbocycles. The van der Waals surface area contributed by atoms with Crippen molar-refractivity contribution in [1.29, 1.82) is 0 Å². The van der Waals surface area contributed by atoms with Crippen LogP contribution >= 0.6 is 0 Å². The lowest BCUT2D eigenvalue weighted by atomic mass is 10.0. The Morgan fingerprint density at radius 1 is 1.29 bits per heavy atom. The fraction of sp³-hybridized carbons (Fsp3) is 0.273. The van der Waals surface area contributed by atoms with Crippen molar-refractivity contribution in [2.24, 2.45) is 5.10 Å². The average molecular weight is 490 g/mol. The summed E-state index contributed by atoms with van der Waals surface area (Å²) in [6.45, 7) is 0.696. The number of hydrogen-bond donors (Lipinski definition) is 4. The second-order valence-electron chi connectivity index (χ2n) is 7.65. The van der Waals surface area contributed by atoms with Crippen LogP contribution in [-0.2, 0) is 15.7 Å². The number of halogens is 3. The highest BCUT2D eigenvalue weighted by Gasteiger charge is 2.41. The zero-order valence-electron chi connectivity index (χ0n) is 18.3. The van der Waals surface area contributed by atoms with Crippen molar-refractivity contribution < 1.29 is 32.9 Å². The molecule has 0 fully saturated rings. The van der Waals surface area contributed by atoms with Gasteiger partial charge in [0.1, 0.15) is 24.2 Å². The molecule has 10 nitrogen and oxygen atoms in total. The van der Waals surface area contributed by atoms with Crippen LogP contribution < -0.4 is 10.6 Å². The number of aliphatic hydroxyl groups excluding tert-OH is 2. The van der Waals surface area contributed by atoms with Crippen LogP contribution in [0.25, 0.3) is 0 Å². The van der Waals surface area contributed by atoms with Crippen LogP contribution in [0.2, 0.25) is 0 Å². The number of alkyl halides is 3. The highest BCUT2D eigenvalue weighted by atomic mass is 19.4. The van der Waals surface area contributed by atoms with Gasteiger partial charge < -0.3 is 25.6 Å². The summed E-state index contributed by atoms with van der Waals surface area (Å²) in [5, 5.41) is 37.5. The smallest absolute Gasteiger partial charge is 0.417 e. The zero-order valence-corrected chi connectivity index (χ0v) is 18.3. The Morgan fingerprint density at radius 2 is 2.06 bits per heavy atom. The molecule has 13 heteroatoms. The molecule has 0 radical (unpaired) electrons. The van der Waals surface area contributed by atoms with E-state index in [4.69, 9.17) is 9.84 Å². The van der Waals surface area contributed by atoms with Gasteiger partial charge in [-0.3, -0.25) is 4.79 Å². The van der Waals surface area contributed by atoms with Crippen molar-refractivity contribution in [2.75, 3.05) is 18.5 Å². The van der Waals surface area contributed by atoms with E-state index in [1.165, 1.54) is 41.5 Å². The Kier molecular flexibility index (Phi) is 6.71. The van der Waals surface area contributed by atoms with Crippen molar-refractivity contribution in [3.8, 4) is 0 Å². The number of ether oxygens (including phenoxy) is 1. The molecule has 2 aliphatic heterocycles. The van der Waals surface area contributed by atoms with E-state index in [0.29, 0.717) is 5.70 Å². The van der Waals surface area contributed by atoms with E-state index in [1.807, 2.05) is 0 Å². The molecule has 0 spiro atoms. The van der Waals surface area contributed by atoms with Gasteiger partial charge in [0.2, 0.25) is 0 Å². The van der Waals surface area contributed by atoms with Crippen molar-refractivity contribution in [2.45, 2.75) is 25.4 Å². The van der Waals surface area contributed by atoms with Gasteiger partial charge in [-0.25, -0.2) is 5.01 Å². The summed E-state index contributed by atoms with van der Waals surface area (Å²) in [7, 11) is 0. The topological polar surface area (TPSA) is 132 Å². The molecule has 2 aromatic rings. The van der Waals surface area contributed by atoms with E-state index in [2.05, 4.69) is 25.9 Å². The number of benzene rings is 1. The fourth-order valence-electron chi connectivity index (χ4n) is 3.56. The van der Waals surface area contributed by atoms with E-state index >= 15 is 0 Å². The SMILES string of the molecule is CC1=C(C(=O)Nc2cccnn2)N2N=C(c3ccccc3C(F)(F)F)C=C(OC[C@H](O)CO)C2N1. The maximum absolute atomic E-state index is 13.7. The van der Waals surface area contributed by atoms with Gasteiger partial charge in [-0.05, 0) is 25.1 Å². The van der Waals surface area contributed by atoms with Crippen LogP contribution in [0.3, 0.4) is 0 Å². The lowest BCUT2D eigenvalue weighted by Crippen LogP contribution is -2.42. The van der Waals surface area contributed by atoms with Crippen LogP contribution in [0.15, 0.2) is 70.9 Å². The molecular weight excluding hydrogens is 469 g/mol. The lowest BCUT2D eigenvalue weighted by Gasteiger charge is -2.30. The van der Waals surface area contributed by atoms with E-state index in [9.17, 15) is 23.1 Å². The van der Waals surface area contributed by atoms with Gasteiger partial charge in [0.25, 0.3) is 5.91 Å². The molecule has 0 bridgehead atoms. The number of aromatic nitrogens is 2. The molecule has 4 rings (SSSR count). The molecule has 4 N–H and O–H groups in total. The van der Waals surface area contributed by atoms with Crippen LogP contribution in [0.5, 0.6) is 0 Å². The van der Waals surface area contributed by atoms with Crippen molar-refractivity contribution in [3.05, 3.63) is 77.0 Å². The molecule has 0 saturated carbocycles. The predicted molar refractivity (Wildman–Crippen MR) is 117 cm³/mol. The fourth-order valence-corrected chi connectivity index (χ4v) is 3.56. The number of carbonyl (C=O) groups is 1. The first-order valence-electron chi connectivity index (χ1n) is 10.4. The molecule has 0 saturated heterocycles. The van der Waals surface area contributed by atoms with Gasteiger partial charge in [-0.1, -0.05) is 18.2 Å². The number of aliphatic hydroxyl groups is 2. The number of hydrogen-bond acceptors (Lipinski definition) is 9. The molecule has 2 atom stereocenters. The number of fused-ring (bicyclic) bond motifs is 1. The third-order valence-electron chi connectivity index (χ3n) is 5.14. The molecule has 35 heavy (non-hydrogen) atoms. The summed E-state index contributed by atoms with van der Waals surface area (Å²) < 4.78 is 46.7. The molecule has 2 aliphatic rings. The monoisotopic (exact) mass is 490 g/mol. The number of nitrogens with zero attached hydrogens (tertiary/aromatic N) is 4. The Morgan fingerprint density at radius 3 is 2.74 bits per heavy atom. The summed E-state index contributed by atoms with van der Waals surface area (Å²) >= 11 is 0. The Labute approximate surface area is 197 Å². The average Bonchev–Trinajstić information content (AvgIpc) is 3.18. The Bertz CT molecular complexity index is 1200. The van der Waals surface area contributed by atoms with E-state index in [0.717, 1.165) is 6.07 Å². The van der Waals surface area contributed by atoms with Crippen LogP contribution in [0, 0.1) is 0 Å². The number of rotatable bonds is 7. The third-order valence-corrected chi connectivity index (χ3v) is 5.14. The first-order chi connectivity index (χ1) is 16.7. The minimum atomic E-state index is -4.65. The zero-order chi connectivity index (χ0) is 25.2. The predicted octanol–water partition coefficient (Wildman–Crippen LogP) is 1.57. The summed E-state index contributed by atoms with van der Waals surface area (Å²) in [5.74, 6) is -0.356. The highest BCUT2D eigenvalue weighted by molar-refractivity contribution is 6.11. The largest absolute Gasteiger partial charge is 0.491 e. The summed E-state index contributed by atoms with van der Waals surface area (Å²) in [6.07, 6.45) is -4.00. The molecule has 184 valence electrons. The van der Waals surface area contributed by atoms with Crippen LogP contribution in [0.4, 0.5) is 19.0 Å². The summed E-state index contributed by atoms with van der Waals surface area (Å²) in [6, 6.07) is 7.99. The second kappa shape index (κ2) is 9.72. The first-order valence-corrected chi connectivity index (χ1v) is 10.4. The molecule has 1 aromatic heterocycles. The summed E-state index contributed by atoms with van der Waals surface area (Å²) in [5.41, 5.74) is -0.840. The van der Waals surface area contributed by atoms with Gasteiger partial charge in [0.15, 0.2) is 12.0 Å². The number of allylic oxidation sites excluding steroid dienone is 2. The minimum Gasteiger partial charge on any atom is -0.491 e. The van der Waals surface area contributed by atoms with Crippen molar-refractivity contribution in [3.63, 3.8) is 0 Å². The van der Waals surface area contributed by atoms with Gasteiger partial charge in [0.05, 0.1) is 17.9 Å². The van der Waals surface area contributed by atoms with Gasteiger partial charge in [0, 0.05) is 23.5 Å². The third kappa shape index (κ3) is 5.10. The minimum absolute atomic E-state index is 0.0274. The van der Waals surface area contributed by atoms with Crippen LogP contribution in [-0.4, -0.2) is 62.5 Å². The number of nitrogens with one attached hydrogen (secondary N) is 2. The summed E-state index contributed by atoms with van der Waals surface area (Å²) in [4.78, 5) is 13.1. The van der Waals surface area contributed by atoms with Crippen LogP contribution in [0.1, 0.15) is 18.1 Å². The van der Waals surface area contributed by atoms with Gasteiger partial charge >= 0.3 is 6.18 Å². The van der Waals surface area contributed by atoms with Gasteiger partial charge in [-0.15, -0.1) is 5.10 Å². The quantitative estimate of drug-likeness (QED) is 0.460. The standard InChI is InChI=1S/C22H21F3N6O4/c1-12-19(21(34)28-18-7-4-8-26-29-18)31-20(27-12)17(35-11-13(33)10-32)9-16(30-31)14-5-2-3-6-15(14)22(23,24)25/h2-9,13,20,27,32-33H,10-11H2,1H3,(H,28,29,34)/t13-,20?/m1/s1. The van der Waals surface area contributed by atoms with E-state index in [-0.39, 0.29) is 35.2 Å². The lowest BCUT2D eigenvalue weighted by molar-refractivity contribution is -0.137. The van der Waals surface area contributed by atoms with Crippen molar-refractivity contribution >= 4 is 17.4 Å². The second-order valence-corrected chi connectivity index (χ2v) is 7.65. The number of amides is 1. The number of anilines is 1.